The van der Waals surface area contributed by atoms with Crippen molar-refractivity contribution in [3.8, 4) is 0 Å². The first-order chi connectivity index (χ1) is 7.91. The van der Waals surface area contributed by atoms with Gasteiger partial charge in [-0.05, 0) is 18.2 Å². The lowest BCUT2D eigenvalue weighted by Crippen LogP contribution is -2.01. The van der Waals surface area contributed by atoms with Crippen molar-refractivity contribution in [2.75, 3.05) is 0 Å². The quantitative estimate of drug-likeness (QED) is 0.492. The molecule has 0 atom stereocenters. The second-order valence-electron chi connectivity index (χ2n) is 3.21. The van der Waals surface area contributed by atoms with Gasteiger partial charge in [-0.3, -0.25) is 19.7 Å². The molecule has 0 aliphatic rings. The monoisotopic (exact) mass is 254 g/mol. The highest BCUT2D eigenvalue weighted by Gasteiger charge is 2.20. The highest BCUT2D eigenvalue weighted by atomic mass is 32.2. The molecule has 0 aliphatic carbocycles. The summed E-state index contributed by atoms with van der Waals surface area (Å²) in [6.07, 6.45) is 1.29. The second-order valence-corrected chi connectivity index (χ2v) is 4.60. The largest absolute Gasteiger partial charge is 0.296 e. The van der Waals surface area contributed by atoms with Crippen LogP contribution >= 0.6 is 0 Å². The topological polar surface area (TPSA) is 110 Å². The molecule has 7 nitrogen and oxygen atoms in total. The number of nitro benzene ring substituents is 1. The molecular formula is C9H6N2O5S. The van der Waals surface area contributed by atoms with Crippen molar-refractivity contribution < 1.29 is 17.9 Å². The molecule has 17 heavy (non-hydrogen) atoms. The van der Waals surface area contributed by atoms with Gasteiger partial charge in [-0.25, -0.2) is 0 Å². The number of nitrogens with zero attached hydrogens (tertiary/aromatic N) is 2. The average molecular weight is 254 g/mol. The Morgan fingerprint density at radius 1 is 1.29 bits per heavy atom. The van der Waals surface area contributed by atoms with E-state index in [1.165, 1.54) is 18.3 Å². The number of pyridine rings is 1. The Kier molecular flexibility index (Phi) is 2.52. The SMILES string of the molecule is O=[N+]([O-])c1ccc(S(=O)(=O)O)c2ncccc12. The maximum absolute atomic E-state index is 11.1. The van der Waals surface area contributed by atoms with Crippen LogP contribution in [-0.4, -0.2) is 22.9 Å². The van der Waals surface area contributed by atoms with E-state index in [-0.39, 0.29) is 16.6 Å². The van der Waals surface area contributed by atoms with E-state index in [4.69, 9.17) is 4.55 Å². The molecule has 0 saturated heterocycles. The molecule has 8 heteroatoms. The van der Waals surface area contributed by atoms with Gasteiger partial charge >= 0.3 is 0 Å². The lowest BCUT2D eigenvalue weighted by molar-refractivity contribution is -0.383. The Morgan fingerprint density at radius 3 is 2.59 bits per heavy atom. The van der Waals surface area contributed by atoms with Crippen molar-refractivity contribution in [3.05, 3.63) is 40.6 Å². The van der Waals surface area contributed by atoms with Crippen LogP contribution in [0.15, 0.2) is 35.4 Å². The number of nitro groups is 1. The van der Waals surface area contributed by atoms with Gasteiger partial charge in [0.1, 0.15) is 4.90 Å². The van der Waals surface area contributed by atoms with Crippen molar-refractivity contribution in [3.63, 3.8) is 0 Å². The van der Waals surface area contributed by atoms with Crippen LogP contribution < -0.4 is 0 Å². The zero-order chi connectivity index (χ0) is 12.6. The number of fused-ring (bicyclic) bond motifs is 1. The summed E-state index contributed by atoms with van der Waals surface area (Å²) >= 11 is 0. The van der Waals surface area contributed by atoms with Crippen LogP contribution in [0.5, 0.6) is 0 Å². The van der Waals surface area contributed by atoms with Crippen molar-refractivity contribution >= 4 is 26.7 Å². The molecule has 1 heterocycles. The van der Waals surface area contributed by atoms with Crippen molar-refractivity contribution in [2.24, 2.45) is 0 Å². The van der Waals surface area contributed by atoms with Crippen LogP contribution in [0.25, 0.3) is 10.9 Å². The number of aromatic nitrogens is 1. The molecule has 1 aromatic carbocycles. The fraction of sp³-hybridized carbons (Fsp3) is 0. The fourth-order valence-electron chi connectivity index (χ4n) is 1.50. The molecule has 2 rings (SSSR count). The second kappa shape index (κ2) is 3.75. The highest BCUT2D eigenvalue weighted by molar-refractivity contribution is 7.86. The van der Waals surface area contributed by atoms with Gasteiger partial charge in [0, 0.05) is 12.3 Å². The van der Waals surface area contributed by atoms with E-state index < -0.39 is 19.9 Å². The van der Waals surface area contributed by atoms with E-state index in [0.717, 1.165) is 12.1 Å². The molecule has 0 radical (unpaired) electrons. The van der Waals surface area contributed by atoms with Crippen molar-refractivity contribution in [2.45, 2.75) is 4.90 Å². The Balaban J connectivity index is 2.95. The smallest absolute Gasteiger partial charge is 0.282 e. The summed E-state index contributed by atoms with van der Waals surface area (Å²) in [6, 6.07) is 4.80. The van der Waals surface area contributed by atoms with Crippen LogP contribution in [0.4, 0.5) is 5.69 Å². The van der Waals surface area contributed by atoms with Gasteiger partial charge in [0.25, 0.3) is 15.8 Å². The van der Waals surface area contributed by atoms with Gasteiger partial charge in [0.05, 0.1) is 15.8 Å². The molecule has 2 aromatic rings. The van der Waals surface area contributed by atoms with E-state index in [1.54, 1.807) is 0 Å². The summed E-state index contributed by atoms with van der Waals surface area (Å²) in [5.74, 6) is 0. The molecule has 0 amide bonds. The van der Waals surface area contributed by atoms with Gasteiger partial charge in [-0.15, -0.1) is 0 Å². The molecule has 0 saturated carbocycles. The van der Waals surface area contributed by atoms with Crippen LogP contribution in [0.3, 0.4) is 0 Å². The molecule has 88 valence electrons. The maximum Gasteiger partial charge on any atom is 0.296 e. The van der Waals surface area contributed by atoms with Gasteiger partial charge in [0.15, 0.2) is 0 Å². The van der Waals surface area contributed by atoms with Crippen LogP contribution in [0, 0.1) is 10.1 Å². The molecular weight excluding hydrogens is 248 g/mol. The van der Waals surface area contributed by atoms with Crippen LogP contribution in [0.2, 0.25) is 0 Å². The minimum atomic E-state index is -4.46. The van der Waals surface area contributed by atoms with E-state index in [0.29, 0.717) is 0 Å². The van der Waals surface area contributed by atoms with E-state index >= 15 is 0 Å². The summed E-state index contributed by atoms with van der Waals surface area (Å²) in [5.41, 5.74) is -0.385. The molecule has 0 unspecified atom stereocenters. The first-order valence-electron chi connectivity index (χ1n) is 4.41. The third-order valence-electron chi connectivity index (χ3n) is 2.18. The molecule has 0 bridgehead atoms. The minimum Gasteiger partial charge on any atom is -0.282 e. The summed E-state index contributed by atoms with van der Waals surface area (Å²) in [4.78, 5) is 13.4. The zero-order valence-electron chi connectivity index (χ0n) is 8.27. The van der Waals surface area contributed by atoms with Gasteiger partial charge in [-0.2, -0.15) is 8.42 Å². The van der Waals surface area contributed by atoms with Crippen molar-refractivity contribution in [1.82, 2.24) is 4.98 Å². The Hall–Kier alpha value is -2.06. The lowest BCUT2D eigenvalue weighted by atomic mass is 10.2. The fourth-order valence-corrected chi connectivity index (χ4v) is 2.15. The summed E-state index contributed by atoms with van der Waals surface area (Å²) in [7, 11) is -4.46. The molecule has 0 fully saturated rings. The summed E-state index contributed by atoms with van der Waals surface area (Å²) in [6.45, 7) is 0. The van der Waals surface area contributed by atoms with E-state index in [2.05, 4.69) is 4.98 Å². The number of hydrogen-bond acceptors (Lipinski definition) is 5. The van der Waals surface area contributed by atoms with E-state index in [9.17, 15) is 18.5 Å². The average Bonchev–Trinajstić information content (AvgIpc) is 2.26. The van der Waals surface area contributed by atoms with Gasteiger partial charge in [-0.1, -0.05) is 0 Å². The standard InChI is InChI=1S/C9H6N2O5S/c12-11(13)7-3-4-8(17(14,15)16)9-6(7)2-1-5-10-9/h1-5H,(H,14,15,16). The number of benzene rings is 1. The maximum atomic E-state index is 11.1. The third-order valence-corrected chi connectivity index (χ3v) is 3.07. The minimum absolute atomic E-state index is 0.0626. The van der Waals surface area contributed by atoms with Crippen LogP contribution in [0.1, 0.15) is 0 Å². The number of hydrogen-bond donors (Lipinski definition) is 1. The summed E-state index contributed by atoms with van der Waals surface area (Å²) < 4.78 is 31.1. The van der Waals surface area contributed by atoms with Gasteiger partial charge in [0.2, 0.25) is 0 Å². The highest BCUT2D eigenvalue weighted by Crippen LogP contribution is 2.28. The number of non-ortho nitro benzene ring substituents is 1. The predicted octanol–water partition coefficient (Wildman–Crippen LogP) is 1.39. The zero-order valence-corrected chi connectivity index (χ0v) is 9.09. The first-order valence-corrected chi connectivity index (χ1v) is 5.85. The Labute approximate surface area is 95.6 Å². The van der Waals surface area contributed by atoms with E-state index in [1.807, 2.05) is 0 Å². The molecule has 1 N–H and O–H groups in total. The lowest BCUT2D eigenvalue weighted by Gasteiger charge is -2.02. The first kappa shape index (κ1) is 11.4. The molecule has 1 aromatic heterocycles. The molecule has 0 aliphatic heterocycles. The normalized spacial score (nSPS) is 11.6. The third kappa shape index (κ3) is 1.95. The Morgan fingerprint density at radius 2 is 2.00 bits per heavy atom. The number of rotatable bonds is 2. The van der Waals surface area contributed by atoms with Gasteiger partial charge < -0.3 is 0 Å². The predicted molar refractivity (Wildman–Crippen MR) is 58.2 cm³/mol. The molecule has 0 spiro atoms. The Bertz CT molecular complexity index is 710. The van der Waals surface area contributed by atoms with Crippen LogP contribution in [-0.2, 0) is 10.1 Å². The summed E-state index contributed by atoms with van der Waals surface area (Å²) in [5, 5.41) is 10.8. The van der Waals surface area contributed by atoms with Crippen molar-refractivity contribution in [1.29, 1.82) is 0 Å².